The Labute approximate surface area is 144 Å². The van der Waals surface area contributed by atoms with E-state index in [2.05, 4.69) is 28.7 Å². The number of hydrogen-bond donors (Lipinski definition) is 1. The average molecular weight is 348 g/mol. The van der Waals surface area contributed by atoms with Crippen LogP contribution in [0.25, 0.3) is 0 Å². The Balaban J connectivity index is 1.47. The quantitative estimate of drug-likeness (QED) is 0.845. The fourth-order valence-corrected chi connectivity index (χ4v) is 4.49. The second-order valence-corrected chi connectivity index (χ2v) is 8.81. The van der Waals surface area contributed by atoms with Gasteiger partial charge in [-0.1, -0.05) is 6.07 Å². The molecule has 2 amide bonds. The van der Waals surface area contributed by atoms with Crippen LogP contribution in [-0.4, -0.2) is 22.0 Å². The molecule has 4 nitrogen and oxygen atoms in total. The number of carbonyl (C=O) groups excluding carboxylic acids is 1. The number of nitrogens with zero attached hydrogens (tertiary/aromatic N) is 2. The minimum atomic E-state index is 0.0747. The number of aryl methyl sites for hydroxylation is 1. The lowest BCUT2D eigenvalue weighted by Crippen LogP contribution is -2.43. The number of thiophene rings is 1. The highest BCUT2D eigenvalue weighted by molar-refractivity contribution is 7.11. The summed E-state index contributed by atoms with van der Waals surface area (Å²) in [5.41, 5.74) is 0. The van der Waals surface area contributed by atoms with Gasteiger partial charge in [-0.25, -0.2) is 9.78 Å². The van der Waals surface area contributed by atoms with Gasteiger partial charge in [0.25, 0.3) is 0 Å². The molecule has 0 aromatic carbocycles. The summed E-state index contributed by atoms with van der Waals surface area (Å²) in [6.45, 7) is 2.79. The zero-order valence-corrected chi connectivity index (χ0v) is 14.8. The fourth-order valence-electron chi connectivity index (χ4n) is 2.87. The number of rotatable bonds is 6. The first-order valence-electron chi connectivity index (χ1n) is 8.22. The third kappa shape index (κ3) is 3.58. The molecule has 1 N–H and O–H groups in total. The van der Waals surface area contributed by atoms with E-state index in [4.69, 9.17) is 0 Å². The standard InChI is InChI=1S/C17H21N3OS2/c1-11-9-18-16(23-11)15(12-4-5-12)19-17(21)20(13-6-7-13)10-14-3-2-8-22-14/h2-3,8-9,12-13,15H,4-7,10H2,1H3,(H,19,21)/t15-/m0/s1. The summed E-state index contributed by atoms with van der Waals surface area (Å²) in [5.74, 6) is 0.562. The summed E-state index contributed by atoms with van der Waals surface area (Å²) in [4.78, 5) is 21.9. The van der Waals surface area contributed by atoms with E-state index >= 15 is 0 Å². The van der Waals surface area contributed by atoms with Gasteiger partial charge in [-0.15, -0.1) is 22.7 Å². The molecule has 2 heterocycles. The number of thiazole rings is 1. The highest BCUT2D eigenvalue weighted by Crippen LogP contribution is 2.42. The maximum Gasteiger partial charge on any atom is 0.318 e. The van der Waals surface area contributed by atoms with Crippen LogP contribution in [-0.2, 0) is 6.54 Å². The van der Waals surface area contributed by atoms with E-state index < -0.39 is 0 Å². The van der Waals surface area contributed by atoms with Crippen molar-refractivity contribution in [1.82, 2.24) is 15.2 Å². The molecule has 0 radical (unpaired) electrons. The van der Waals surface area contributed by atoms with Gasteiger partial charge >= 0.3 is 6.03 Å². The molecule has 0 unspecified atom stereocenters. The Morgan fingerprint density at radius 3 is 2.83 bits per heavy atom. The Morgan fingerprint density at radius 1 is 1.43 bits per heavy atom. The zero-order valence-electron chi connectivity index (χ0n) is 13.2. The summed E-state index contributed by atoms with van der Waals surface area (Å²) in [6.07, 6.45) is 6.55. The number of nitrogens with one attached hydrogen (secondary N) is 1. The first-order chi connectivity index (χ1) is 11.2. The third-order valence-corrected chi connectivity index (χ3v) is 6.29. The second-order valence-electron chi connectivity index (χ2n) is 6.51. The molecule has 122 valence electrons. The summed E-state index contributed by atoms with van der Waals surface area (Å²) in [7, 11) is 0. The summed E-state index contributed by atoms with van der Waals surface area (Å²) in [5, 5.41) is 6.42. The zero-order chi connectivity index (χ0) is 15.8. The van der Waals surface area contributed by atoms with Gasteiger partial charge in [0.1, 0.15) is 5.01 Å². The predicted molar refractivity (Wildman–Crippen MR) is 93.7 cm³/mol. The van der Waals surface area contributed by atoms with Crippen molar-refractivity contribution in [3.8, 4) is 0 Å². The number of amides is 2. The first kappa shape index (κ1) is 15.1. The van der Waals surface area contributed by atoms with Crippen molar-refractivity contribution in [3.05, 3.63) is 38.5 Å². The molecule has 0 aliphatic heterocycles. The maximum atomic E-state index is 12.9. The van der Waals surface area contributed by atoms with E-state index in [0.717, 1.165) is 24.4 Å². The average Bonchev–Trinajstić information content (AvgIpc) is 3.46. The van der Waals surface area contributed by atoms with Crippen LogP contribution < -0.4 is 5.32 Å². The van der Waals surface area contributed by atoms with Gasteiger partial charge in [-0.05, 0) is 50.0 Å². The highest BCUT2D eigenvalue weighted by atomic mass is 32.1. The lowest BCUT2D eigenvalue weighted by Gasteiger charge is -2.25. The molecule has 2 aromatic heterocycles. The van der Waals surface area contributed by atoms with E-state index in [1.807, 2.05) is 17.2 Å². The van der Waals surface area contributed by atoms with Crippen LogP contribution in [0, 0.1) is 12.8 Å². The lowest BCUT2D eigenvalue weighted by atomic mass is 10.2. The predicted octanol–water partition coefficient (Wildman–Crippen LogP) is 4.34. The van der Waals surface area contributed by atoms with Gasteiger partial charge in [0.15, 0.2) is 0 Å². The van der Waals surface area contributed by atoms with Crippen molar-refractivity contribution >= 4 is 28.7 Å². The molecule has 23 heavy (non-hydrogen) atoms. The van der Waals surface area contributed by atoms with Crippen LogP contribution in [0.15, 0.2) is 23.7 Å². The lowest BCUT2D eigenvalue weighted by molar-refractivity contribution is 0.187. The Kier molecular flexibility index (Phi) is 4.11. The molecule has 2 aliphatic carbocycles. The Morgan fingerprint density at radius 2 is 2.26 bits per heavy atom. The molecule has 2 aromatic rings. The van der Waals surface area contributed by atoms with Gasteiger partial charge in [-0.3, -0.25) is 0 Å². The number of urea groups is 1. The number of carbonyl (C=O) groups is 1. The van der Waals surface area contributed by atoms with Crippen LogP contribution >= 0.6 is 22.7 Å². The smallest absolute Gasteiger partial charge is 0.318 e. The van der Waals surface area contributed by atoms with Crippen molar-refractivity contribution in [1.29, 1.82) is 0 Å². The largest absolute Gasteiger partial charge is 0.328 e. The summed E-state index contributed by atoms with van der Waals surface area (Å²) in [6, 6.07) is 4.73. The van der Waals surface area contributed by atoms with Gasteiger partial charge in [0.05, 0.1) is 12.6 Å². The molecule has 2 aliphatic rings. The van der Waals surface area contributed by atoms with E-state index in [1.165, 1.54) is 22.6 Å². The van der Waals surface area contributed by atoms with E-state index in [0.29, 0.717) is 12.0 Å². The molecule has 0 spiro atoms. The van der Waals surface area contributed by atoms with Gasteiger partial charge < -0.3 is 10.2 Å². The number of hydrogen-bond acceptors (Lipinski definition) is 4. The van der Waals surface area contributed by atoms with E-state index in [1.54, 1.807) is 22.7 Å². The van der Waals surface area contributed by atoms with Gasteiger partial charge in [0.2, 0.25) is 0 Å². The van der Waals surface area contributed by atoms with Crippen molar-refractivity contribution in [2.75, 3.05) is 0 Å². The minimum absolute atomic E-state index is 0.0747. The molecule has 2 fully saturated rings. The third-order valence-electron chi connectivity index (χ3n) is 4.43. The van der Waals surface area contributed by atoms with Crippen LogP contribution in [0.3, 0.4) is 0 Å². The van der Waals surface area contributed by atoms with Crippen LogP contribution in [0.5, 0.6) is 0 Å². The van der Waals surface area contributed by atoms with Crippen molar-refractivity contribution < 1.29 is 4.79 Å². The highest BCUT2D eigenvalue weighted by Gasteiger charge is 2.38. The molecule has 4 rings (SSSR count). The second kappa shape index (κ2) is 6.24. The summed E-state index contributed by atoms with van der Waals surface area (Å²) >= 11 is 3.42. The monoisotopic (exact) mass is 347 g/mol. The maximum absolute atomic E-state index is 12.9. The molecule has 0 bridgehead atoms. The van der Waals surface area contributed by atoms with Crippen LogP contribution in [0.4, 0.5) is 4.79 Å². The molecular weight excluding hydrogens is 326 g/mol. The Hall–Kier alpha value is -1.40. The molecule has 6 heteroatoms. The van der Waals surface area contributed by atoms with Crippen LogP contribution in [0.2, 0.25) is 0 Å². The van der Waals surface area contributed by atoms with E-state index in [9.17, 15) is 4.79 Å². The van der Waals surface area contributed by atoms with Crippen molar-refractivity contribution in [2.45, 2.75) is 51.2 Å². The molecular formula is C17H21N3OS2. The first-order valence-corrected chi connectivity index (χ1v) is 9.92. The molecule has 0 saturated heterocycles. The van der Waals surface area contributed by atoms with Crippen LogP contribution in [0.1, 0.15) is 46.5 Å². The molecule has 2 saturated carbocycles. The summed E-state index contributed by atoms with van der Waals surface area (Å²) < 4.78 is 0. The van der Waals surface area contributed by atoms with Gasteiger partial charge in [-0.2, -0.15) is 0 Å². The van der Waals surface area contributed by atoms with Crippen molar-refractivity contribution in [2.24, 2.45) is 5.92 Å². The normalized spacial score (nSPS) is 18.7. The van der Waals surface area contributed by atoms with Gasteiger partial charge in [0, 0.05) is 22.0 Å². The topological polar surface area (TPSA) is 45.2 Å². The minimum Gasteiger partial charge on any atom is -0.328 e. The van der Waals surface area contributed by atoms with Crippen molar-refractivity contribution in [3.63, 3.8) is 0 Å². The fraction of sp³-hybridized carbons (Fsp3) is 0.529. The molecule has 1 atom stereocenters. The Bertz CT molecular complexity index is 674. The van der Waals surface area contributed by atoms with E-state index in [-0.39, 0.29) is 12.1 Å². The SMILES string of the molecule is Cc1cnc([C@@H](NC(=O)N(Cc2cccs2)C2CC2)C2CC2)s1. The number of aromatic nitrogens is 1.